The Morgan fingerprint density at radius 2 is 2.24 bits per heavy atom. The third-order valence-electron chi connectivity index (χ3n) is 2.81. The Morgan fingerprint density at radius 3 is 2.90 bits per heavy atom. The Morgan fingerprint density at radius 1 is 1.48 bits per heavy atom. The Labute approximate surface area is 125 Å². The molecule has 0 saturated carbocycles. The number of ether oxygens (including phenoxy) is 2. The summed E-state index contributed by atoms with van der Waals surface area (Å²) in [4.78, 5) is 34.7. The molecule has 1 unspecified atom stereocenters. The summed E-state index contributed by atoms with van der Waals surface area (Å²) in [6.45, 7) is 0.00818. The Bertz CT molecular complexity index is 590. The van der Waals surface area contributed by atoms with Gasteiger partial charge >= 0.3 is 5.97 Å². The number of carbonyl (C=O) groups is 3. The molecule has 21 heavy (non-hydrogen) atoms. The fourth-order valence-corrected chi connectivity index (χ4v) is 1.94. The van der Waals surface area contributed by atoms with Crippen LogP contribution < -0.4 is 10.6 Å². The predicted octanol–water partition coefficient (Wildman–Crippen LogP) is 0.580. The maximum absolute atomic E-state index is 12.0. The van der Waals surface area contributed by atoms with E-state index < -0.39 is 17.9 Å². The van der Waals surface area contributed by atoms with Crippen LogP contribution in [0, 0.1) is 0 Å². The summed E-state index contributed by atoms with van der Waals surface area (Å²) >= 11 is 5.97. The van der Waals surface area contributed by atoms with Gasteiger partial charge in [0.2, 0.25) is 11.8 Å². The summed E-state index contributed by atoms with van der Waals surface area (Å²) in [5.74, 6) is -1.39. The van der Waals surface area contributed by atoms with Gasteiger partial charge in [0, 0.05) is 0 Å². The minimum Gasteiger partial charge on any atom is -0.465 e. The lowest BCUT2D eigenvalue weighted by Gasteiger charge is -2.22. The molecule has 1 heterocycles. The first-order valence-corrected chi connectivity index (χ1v) is 6.45. The summed E-state index contributed by atoms with van der Waals surface area (Å²) in [6.07, 6.45) is 0. The molecule has 7 nitrogen and oxygen atoms in total. The van der Waals surface area contributed by atoms with Gasteiger partial charge in [0.1, 0.15) is 12.6 Å². The number of halogens is 1. The molecule has 112 valence electrons. The van der Waals surface area contributed by atoms with E-state index in [-0.39, 0.29) is 35.4 Å². The number of anilines is 1. The minimum atomic E-state index is -0.802. The topological polar surface area (TPSA) is 93.7 Å². The number of methoxy groups -OCH3 is 1. The van der Waals surface area contributed by atoms with E-state index in [0.717, 1.165) is 0 Å². The van der Waals surface area contributed by atoms with Crippen molar-refractivity contribution >= 4 is 35.1 Å². The van der Waals surface area contributed by atoms with Crippen molar-refractivity contribution in [2.75, 3.05) is 25.6 Å². The molecule has 8 heteroatoms. The van der Waals surface area contributed by atoms with Crippen molar-refractivity contribution in [3.8, 4) is 0 Å². The average Bonchev–Trinajstić information content (AvgIpc) is 2.48. The average molecular weight is 313 g/mol. The van der Waals surface area contributed by atoms with Gasteiger partial charge in [-0.25, -0.2) is 4.79 Å². The second kappa shape index (κ2) is 6.55. The molecular weight excluding hydrogens is 300 g/mol. The molecule has 0 bridgehead atoms. The summed E-state index contributed by atoms with van der Waals surface area (Å²) in [5.41, 5.74) is 0.505. The molecule has 0 aromatic heterocycles. The largest absolute Gasteiger partial charge is 0.465 e. The number of benzene rings is 1. The maximum atomic E-state index is 12.0. The molecule has 1 atom stereocenters. The first-order chi connectivity index (χ1) is 10.0. The molecule has 1 aliphatic rings. The van der Waals surface area contributed by atoms with Gasteiger partial charge in [-0.1, -0.05) is 11.6 Å². The van der Waals surface area contributed by atoms with Crippen LogP contribution in [-0.4, -0.2) is 44.1 Å². The van der Waals surface area contributed by atoms with Crippen molar-refractivity contribution in [2.24, 2.45) is 0 Å². The molecule has 1 aromatic carbocycles. The van der Waals surface area contributed by atoms with Crippen molar-refractivity contribution in [1.29, 1.82) is 0 Å². The SMILES string of the molecule is COC(=O)c1ccc(Cl)c(NC(=O)C2COCC(=O)N2)c1. The van der Waals surface area contributed by atoms with Gasteiger partial charge in [-0.3, -0.25) is 9.59 Å². The van der Waals surface area contributed by atoms with E-state index in [1.54, 1.807) is 0 Å². The van der Waals surface area contributed by atoms with Crippen molar-refractivity contribution < 1.29 is 23.9 Å². The molecule has 0 radical (unpaired) electrons. The van der Waals surface area contributed by atoms with Crippen LogP contribution in [0.3, 0.4) is 0 Å². The summed E-state index contributed by atoms with van der Waals surface area (Å²) < 4.78 is 9.58. The van der Waals surface area contributed by atoms with Crippen LogP contribution in [0.25, 0.3) is 0 Å². The second-order valence-corrected chi connectivity index (χ2v) is 4.72. The molecule has 1 aromatic rings. The predicted molar refractivity (Wildman–Crippen MR) is 74.2 cm³/mol. The smallest absolute Gasteiger partial charge is 0.337 e. The molecule has 2 N–H and O–H groups in total. The quantitative estimate of drug-likeness (QED) is 0.796. The van der Waals surface area contributed by atoms with Gasteiger partial charge in [0.25, 0.3) is 0 Å². The van der Waals surface area contributed by atoms with Crippen LogP contribution in [0.15, 0.2) is 18.2 Å². The minimum absolute atomic E-state index is 0.0671. The van der Waals surface area contributed by atoms with Gasteiger partial charge in [-0.05, 0) is 18.2 Å². The molecule has 1 saturated heterocycles. The zero-order chi connectivity index (χ0) is 15.4. The van der Waals surface area contributed by atoms with Crippen molar-refractivity contribution in [3.63, 3.8) is 0 Å². The highest BCUT2D eigenvalue weighted by molar-refractivity contribution is 6.34. The van der Waals surface area contributed by atoms with E-state index in [2.05, 4.69) is 15.4 Å². The highest BCUT2D eigenvalue weighted by atomic mass is 35.5. The fraction of sp³-hybridized carbons (Fsp3) is 0.308. The lowest BCUT2D eigenvalue weighted by Crippen LogP contribution is -2.52. The van der Waals surface area contributed by atoms with Gasteiger partial charge in [0.15, 0.2) is 0 Å². The summed E-state index contributed by atoms with van der Waals surface area (Å²) in [5, 5.41) is 5.30. The lowest BCUT2D eigenvalue weighted by molar-refractivity contribution is -0.136. The van der Waals surface area contributed by atoms with E-state index in [0.29, 0.717) is 0 Å². The maximum Gasteiger partial charge on any atom is 0.337 e. The first kappa shape index (κ1) is 15.3. The first-order valence-electron chi connectivity index (χ1n) is 6.07. The number of esters is 1. The molecule has 0 aliphatic carbocycles. The normalized spacial score (nSPS) is 17.8. The highest BCUT2D eigenvalue weighted by Gasteiger charge is 2.26. The molecular formula is C13H13ClN2O5. The van der Waals surface area contributed by atoms with E-state index in [1.165, 1.54) is 25.3 Å². The number of hydrogen-bond acceptors (Lipinski definition) is 5. The Hall–Kier alpha value is -2.12. The van der Waals surface area contributed by atoms with Crippen LogP contribution in [0.1, 0.15) is 10.4 Å². The zero-order valence-corrected chi connectivity index (χ0v) is 11.9. The zero-order valence-electron chi connectivity index (χ0n) is 11.1. The number of amides is 2. The standard InChI is InChI=1S/C13H13ClN2O5/c1-20-13(19)7-2-3-8(14)9(4-7)16-12(18)10-5-21-6-11(17)15-10/h2-4,10H,5-6H2,1H3,(H,15,17)(H,16,18). The van der Waals surface area contributed by atoms with Crippen LogP contribution in [-0.2, 0) is 19.1 Å². The van der Waals surface area contributed by atoms with Crippen LogP contribution >= 0.6 is 11.6 Å². The Kier molecular flexibility index (Phi) is 4.77. The molecule has 2 rings (SSSR count). The van der Waals surface area contributed by atoms with Crippen LogP contribution in [0.2, 0.25) is 5.02 Å². The summed E-state index contributed by atoms with van der Waals surface area (Å²) in [6, 6.07) is 3.55. The van der Waals surface area contributed by atoms with Gasteiger partial charge in [-0.2, -0.15) is 0 Å². The van der Waals surface area contributed by atoms with E-state index in [4.69, 9.17) is 16.3 Å². The van der Waals surface area contributed by atoms with E-state index >= 15 is 0 Å². The highest BCUT2D eigenvalue weighted by Crippen LogP contribution is 2.23. The Balaban J connectivity index is 2.12. The number of rotatable bonds is 3. The molecule has 1 aliphatic heterocycles. The van der Waals surface area contributed by atoms with Crippen molar-refractivity contribution in [1.82, 2.24) is 5.32 Å². The molecule has 2 amide bonds. The number of morpholine rings is 1. The van der Waals surface area contributed by atoms with Gasteiger partial charge in [0.05, 0.1) is 30.0 Å². The molecule has 0 spiro atoms. The van der Waals surface area contributed by atoms with Gasteiger partial charge in [-0.15, -0.1) is 0 Å². The third-order valence-corrected chi connectivity index (χ3v) is 3.14. The molecule has 1 fully saturated rings. The number of carbonyl (C=O) groups excluding carboxylic acids is 3. The number of nitrogens with one attached hydrogen (secondary N) is 2. The number of hydrogen-bond donors (Lipinski definition) is 2. The monoisotopic (exact) mass is 312 g/mol. The summed E-state index contributed by atoms with van der Waals surface area (Å²) in [7, 11) is 1.25. The van der Waals surface area contributed by atoms with E-state index in [9.17, 15) is 14.4 Å². The van der Waals surface area contributed by atoms with Crippen LogP contribution in [0.4, 0.5) is 5.69 Å². The van der Waals surface area contributed by atoms with Crippen molar-refractivity contribution in [2.45, 2.75) is 6.04 Å². The van der Waals surface area contributed by atoms with E-state index in [1.807, 2.05) is 0 Å². The third kappa shape index (κ3) is 3.71. The van der Waals surface area contributed by atoms with Gasteiger partial charge < -0.3 is 20.1 Å². The second-order valence-electron chi connectivity index (χ2n) is 4.31. The van der Waals surface area contributed by atoms with Crippen LogP contribution in [0.5, 0.6) is 0 Å². The van der Waals surface area contributed by atoms with Crippen molar-refractivity contribution in [3.05, 3.63) is 28.8 Å². The lowest BCUT2D eigenvalue weighted by atomic mass is 10.2. The fourth-order valence-electron chi connectivity index (χ4n) is 1.77.